The fourth-order valence-electron chi connectivity index (χ4n) is 2.44. The van der Waals surface area contributed by atoms with E-state index in [-0.39, 0.29) is 6.10 Å². The van der Waals surface area contributed by atoms with E-state index >= 15 is 0 Å². The van der Waals surface area contributed by atoms with E-state index in [1.807, 2.05) is 24.3 Å². The zero-order chi connectivity index (χ0) is 13.5. The molecule has 1 N–H and O–H groups in total. The van der Waals surface area contributed by atoms with Crippen LogP contribution in [0.2, 0.25) is 0 Å². The van der Waals surface area contributed by atoms with E-state index in [1.165, 1.54) is 12.8 Å². The predicted octanol–water partition coefficient (Wildman–Crippen LogP) is 2.95. The van der Waals surface area contributed by atoms with Gasteiger partial charge in [0, 0.05) is 6.61 Å². The highest BCUT2D eigenvalue weighted by Gasteiger charge is 2.14. The van der Waals surface area contributed by atoms with Gasteiger partial charge in [-0.05, 0) is 56.7 Å². The number of benzene rings is 1. The van der Waals surface area contributed by atoms with E-state index in [0.717, 1.165) is 37.4 Å². The molecule has 2 rings (SSSR count). The lowest BCUT2D eigenvalue weighted by atomic mass is 10.1. The van der Waals surface area contributed by atoms with Gasteiger partial charge in [-0.25, -0.2) is 0 Å². The van der Waals surface area contributed by atoms with Gasteiger partial charge in [-0.15, -0.1) is 0 Å². The molecule has 1 aliphatic heterocycles. The number of ether oxygens (including phenoxy) is 2. The number of aliphatic hydroxyl groups excluding tert-OH is 1. The largest absolute Gasteiger partial charge is 0.494 e. The molecule has 1 aromatic carbocycles. The van der Waals surface area contributed by atoms with E-state index < -0.39 is 0 Å². The Morgan fingerprint density at radius 3 is 2.79 bits per heavy atom. The Kier molecular flexibility index (Phi) is 5.67. The number of hydrogen-bond acceptors (Lipinski definition) is 3. The molecule has 0 spiro atoms. The van der Waals surface area contributed by atoms with Crippen LogP contribution in [0.25, 0.3) is 0 Å². The standard InChI is InChI=1S/C16H24O3/c1-13(17)12-14-6-8-16(9-7-14)19-11-3-5-15-4-2-10-18-15/h6-9,13,15,17H,2-5,10-12H2,1H3. The first-order chi connectivity index (χ1) is 9.24. The first-order valence-corrected chi connectivity index (χ1v) is 7.25. The van der Waals surface area contributed by atoms with Crippen LogP contribution in [0.3, 0.4) is 0 Å². The number of rotatable bonds is 7. The van der Waals surface area contributed by atoms with Crippen LogP contribution in [-0.4, -0.2) is 30.5 Å². The molecule has 2 atom stereocenters. The van der Waals surface area contributed by atoms with Crippen LogP contribution < -0.4 is 4.74 Å². The van der Waals surface area contributed by atoms with Crippen molar-refractivity contribution in [3.63, 3.8) is 0 Å². The highest BCUT2D eigenvalue weighted by molar-refractivity contribution is 5.27. The summed E-state index contributed by atoms with van der Waals surface area (Å²) in [5, 5.41) is 9.31. The Bertz CT molecular complexity index is 353. The topological polar surface area (TPSA) is 38.7 Å². The quantitative estimate of drug-likeness (QED) is 0.770. The molecule has 1 aromatic rings. The maximum Gasteiger partial charge on any atom is 0.119 e. The Morgan fingerprint density at radius 2 is 2.16 bits per heavy atom. The van der Waals surface area contributed by atoms with Crippen molar-refractivity contribution in [2.75, 3.05) is 13.2 Å². The van der Waals surface area contributed by atoms with Crippen LogP contribution in [0.1, 0.15) is 38.2 Å². The molecule has 1 aliphatic rings. The summed E-state index contributed by atoms with van der Waals surface area (Å²) in [6, 6.07) is 7.98. The summed E-state index contributed by atoms with van der Waals surface area (Å²) in [4.78, 5) is 0. The van der Waals surface area contributed by atoms with Crippen LogP contribution in [0.5, 0.6) is 5.75 Å². The smallest absolute Gasteiger partial charge is 0.119 e. The van der Waals surface area contributed by atoms with Crippen molar-refractivity contribution in [1.82, 2.24) is 0 Å². The average molecular weight is 264 g/mol. The van der Waals surface area contributed by atoms with Gasteiger partial charge in [0.25, 0.3) is 0 Å². The van der Waals surface area contributed by atoms with Gasteiger partial charge in [-0.1, -0.05) is 12.1 Å². The highest BCUT2D eigenvalue weighted by Crippen LogP contribution is 2.18. The van der Waals surface area contributed by atoms with E-state index in [4.69, 9.17) is 9.47 Å². The van der Waals surface area contributed by atoms with Crippen molar-refractivity contribution in [1.29, 1.82) is 0 Å². The van der Waals surface area contributed by atoms with E-state index in [1.54, 1.807) is 6.92 Å². The van der Waals surface area contributed by atoms with Crippen LogP contribution in [0, 0.1) is 0 Å². The summed E-state index contributed by atoms with van der Waals surface area (Å²) in [5.41, 5.74) is 1.14. The van der Waals surface area contributed by atoms with E-state index in [9.17, 15) is 5.11 Å². The Balaban J connectivity index is 1.65. The van der Waals surface area contributed by atoms with Crippen molar-refractivity contribution in [2.24, 2.45) is 0 Å². The molecule has 1 heterocycles. The highest BCUT2D eigenvalue weighted by atomic mass is 16.5. The second kappa shape index (κ2) is 7.51. The second-order valence-corrected chi connectivity index (χ2v) is 5.32. The van der Waals surface area contributed by atoms with Gasteiger partial charge in [0.1, 0.15) is 5.75 Å². The van der Waals surface area contributed by atoms with E-state index in [2.05, 4.69) is 0 Å². The van der Waals surface area contributed by atoms with Crippen LogP contribution >= 0.6 is 0 Å². The Morgan fingerprint density at radius 1 is 1.37 bits per heavy atom. The van der Waals surface area contributed by atoms with E-state index in [0.29, 0.717) is 12.5 Å². The minimum absolute atomic E-state index is 0.293. The molecule has 0 radical (unpaired) electrons. The lowest BCUT2D eigenvalue weighted by molar-refractivity contribution is 0.0981. The molecule has 0 aliphatic carbocycles. The van der Waals surface area contributed by atoms with Gasteiger partial charge < -0.3 is 14.6 Å². The summed E-state index contributed by atoms with van der Waals surface area (Å²) in [6.45, 7) is 3.47. The summed E-state index contributed by atoms with van der Waals surface area (Å²) in [5.74, 6) is 0.904. The SMILES string of the molecule is CC(O)Cc1ccc(OCCCC2CCCO2)cc1. The number of hydrogen-bond donors (Lipinski definition) is 1. The minimum atomic E-state index is -0.293. The van der Waals surface area contributed by atoms with Gasteiger partial charge in [-0.2, -0.15) is 0 Å². The molecule has 0 bridgehead atoms. The van der Waals surface area contributed by atoms with Crippen LogP contribution in [0.4, 0.5) is 0 Å². The zero-order valence-electron chi connectivity index (χ0n) is 11.7. The Hall–Kier alpha value is -1.06. The fraction of sp³-hybridized carbons (Fsp3) is 0.625. The second-order valence-electron chi connectivity index (χ2n) is 5.32. The third kappa shape index (κ3) is 5.21. The van der Waals surface area contributed by atoms with Gasteiger partial charge >= 0.3 is 0 Å². The lowest BCUT2D eigenvalue weighted by Gasteiger charge is -2.10. The summed E-state index contributed by atoms with van der Waals surface area (Å²) < 4.78 is 11.3. The summed E-state index contributed by atoms with van der Waals surface area (Å²) in [6.07, 6.45) is 5.40. The van der Waals surface area contributed by atoms with Crippen molar-refractivity contribution in [3.05, 3.63) is 29.8 Å². The van der Waals surface area contributed by atoms with Crippen molar-refractivity contribution in [2.45, 2.75) is 51.2 Å². The molecule has 19 heavy (non-hydrogen) atoms. The van der Waals surface area contributed by atoms with Crippen molar-refractivity contribution >= 4 is 0 Å². The van der Waals surface area contributed by atoms with Crippen LogP contribution in [-0.2, 0) is 11.2 Å². The molecule has 0 aromatic heterocycles. The lowest BCUT2D eigenvalue weighted by Crippen LogP contribution is -2.07. The molecule has 106 valence electrons. The van der Waals surface area contributed by atoms with Crippen molar-refractivity contribution in [3.8, 4) is 5.75 Å². The van der Waals surface area contributed by atoms with Crippen LogP contribution in [0.15, 0.2) is 24.3 Å². The third-order valence-electron chi connectivity index (χ3n) is 3.42. The normalized spacial score (nSPS) is 20.4. The molecular weight excluding hydrogens is 240 g/mol. The van der Waals surface area contributed by atoms with Gasteiger partial charge in [0.05, 0.1) is 18.8 Å². The first-order valence-electron chi connectivity index (χ1n) is 7.25. The summed E-state index contributed by atoms with van der Waals surface area (Å²) >= 11 is 0. The Labute approximate surface area is 115 Å². The molecule has 0 amide bonds. The zero-order valence-corrected chi connectivity index (χ0v) is 11.7. The number of aliphatic hydroxyl groups is 1. The minimum Gasteiger partial charge on any atom is -0.494 e. The molecular formula is C16H24O3. The van der Waals surface area contributed by atoms with Crippen molar-refractivity contribution < 1.29 is 14.6 Å². The maximum absolute atomic E-state index is 9.31. The fourth-order valence-corrected chi connectivity index (χ4v) is 2.44. The molecule has 1 saturated heterocycles. The van der Waals surface area contributed by atoms with Gasteiger partial charge in [0.15, 0.2) is 0 Å². The summed E-state index contributed by atoms with van der Waals surface area (Å²) in [7, 11) is 0. The van der Waals surface area contributed by atoms with Gasteiger partial charge in [0.2, 0.25) is 0 Å². The third-order valence-corrected chi connectivity index (χ3v) is 3.42. The maximum atomic E-state index is 9.31. The average Bonchev–Trinajstić information content (AvgIpc) is 2.89. The monoisotopic (exact) mass is 264 g/mol. The molecule has 3 nitrogen and oxygen atoms in total. The first kappa shape index (κ1) is 14.4. The molecule has 3 heteroatoms. The predicted molar refractivity (Wildman–Crippen MR) is 75.5 cm³/mol. The molecule has 0 saturated carbocycles. The molecule has 1 fully saturated rings. The van der Waals surface area contributed by atoms with Gasteiger partial charge in [-0.3, -0.25) is 0 Å². The molecule has 2 unspecified atom stereocenters.